The molecule has 0 aliphatic carbocycles. The highest BCUT2D eigenvalue weighted by Gasteiger charge is 2.32. The summed E-state index contributed by atoms with van der Waals surface area (Å²) in [5, 5.41) is 4.36. The molecule has 0 N–H and O–H groups in total. The topological polar surface area (TPSA) is 70.4 Å². The largest absolute Gasteiger partial charge is 0.465 e. The van der Waals surface area contributed by atoms with Crippen LogP contribution in [0.5, 0.6) is 0 Å². The predicted molar refractivity (Wildman–Crippen MR) is 80.7 cm³/mol. The first-order chi connectivity index (χ1) is 9.96. The van der Waals surface area contributed by atoms with Crippen LogP contribution in [0.2, 0.25) is 0 Å². The summed E-state index contributed by atoms with van der Waals surface area (Å²) in [5.41, 5.74) is 1.66. The molecular formula is C14H21BrN2O4. The highest BCUT2D eigenvalue weighted by molar-refractivity contribution is 9.10. The van der Waals surface area contributed by atoms with Gasteiger partial charge in [0.15, 0.2) is 5.92 Å². The summed E-state index contributed by atoms with van der Waals surface area (Å²) in [6.07, 6.45) is 0.958. The SMILES string of the molecule is CCOC(=O)C(Cc1c(Br)c(CC)nn1C)C(=O)OCC. The van der Waals surface area contributed by atoms with Gasteiger partial charge in [-0.15, -0.1) is 0 Å². The lowest BCUT2D eigenvalue weighted by atomic mass is 10.0. The molecule has 0 radical (unpaired) electrons. The number of hydrogen-bond acceptors (Lipinski definition) is 5. The van der Waals surface area contributed by atoms with Gasteiger partial charge in [0.25, 0.3) is 0 Å². The minimum Gasteiger partial charge on any atom is -0.465 e. The first kappa shape index (κ1) is 17.7. The molecule has 1 rings (SSSR count). The zero-order chi connectivity index (χ0) is 16.0. The molecule has 7 heteroatoms. The summed E-state index contributed by atoms with van der Waals surface area (Å²) in [7, 11) is 1.78. The van der Waals surface area contributed by atoms with E-state index in [0.717, 1.165) is 22.3 Å². The van der Waals surface area contributed by atoms with Crippen LogP contribution in [-0.2, 0) is 39.0 Å². The molecular weight excluding hydrogens is 340 g/mol. The molecule has 1 aromatic rings. The van der Waals surface area contributed by atoms with Crippen LogP contribution >= 0.6 is 15.9 Å². The number of halogens is 1. The van der Waals surface area contributed by atoms with Crippen molar-refractivity contribution in [3.8, 4) is 0 Å². The molecule has 0 saturated heterocycles. The average molecular weight is 361 g/mol. The molecule has 0 aliphatic rings. The Balaban J connectivity index is 3.03. The van der Waals surface area contributed by atoms with Crippen molar-refractivity contribution >= 4 is 27.9 Å². The van der Waals surface area contributed by atoms with Crippen LogP contribution in [0.1, 0.15) is 32.2 Å². The third kappa shape index (κ3) is 4.30. The van der Waals surface area contributed by atoms with E-state index >= 15 is 0 Å². The van der Waals surface area contributed by atoms with Crippen LogP contribution in [0.25, 0.3) is 0 Å². The van der Waals surface area contributed by atoms with Gasteiger partial charge in [-0.3, -0.25) is 14.3 Å². The first-order valence-electron chi connectivity index (χ1n) is 6.99. The number of esters is 2. The summed E-state index contributed by atoms with van der Waals surface area (Å²) in [6, 6.07) is 0. The lowest BCUT2D eigenvalue weighted by Crippen LogP contribution is -2.30. The van der Waals surface area contributed by atoms with E-state index in [-0.39, 0.29) is 19.6 Å². The molecule has 21 heavy (non-hydrogen) atoms. The smallest absolute Gasteiger partial charge is 0.320 e. The maximum atomic E-state index is 12.0. The Kier molecular flexibility index (Phi) is 6.87. The van der Waals surface area contributed by atoms with Gasteiger partial charge < -0.3 is 9.47 Å². The summed E-state index contributed by atoms with van der Waals surface area (Å²) < 4.78 is 12.4. The molecule has 1 aromatic heterocycles. The minimum absolute atomic E-state index is 0.196. The Bertz CT molecular complexity index is 495. The molecule has 1 heterocycles. The standard InChI is InChI=1S/C14H21BrN2O4/c1-5-10-12(15)11(17(4)16-10)8-9(13(18)20-6-2)14(19)21-7-3/h9H,5-8H2,1-4H3. The average Bonchev–Trinajstić information content (AvgIpc) is 2.71. The molecule has 0 atom stereocenters. The van der Waals surface area contributed by atoms with Crippen LogP contribution in [0.15, 0.2) is 4.47 Å². The lowest BCUT2D eigenvalue weighted by Gasteiger charge is -2.14. The van der Waals surface area contributed by atoms with Gasteiger partial charge in [0.05, 0.1) is 29.1 Å². The monoisotopic (exact) mass is 360 g/mol. The van der Waals surface area contributed by atoms with Crippen molar-refractivity contribution in [2.75, 3.05) is 13.2 Å². The van der Waals surface area contributed by atoms with Gasteiger partial charge in [0, 0.05) is 13.5 Å². The van der Waals surface area contributed by atoms with E-state index in [1.54, 1.807) is 25.6 Å². The van der Waals surface area contributed by atoms with E-state index in [0.29, 0.717) is 0 Å². The van der Waals surface area contributed by atoms with Crippen LogP contribution in [-0.4, -0.2) is 34.9 Å². The molecule has 118 valence electrons. The number of ether oxygens (including phenoxy) is 2. The van der Waals surface area contributed by atoms with E-state index in [1.807, 2.05) is 6.92 Å². The molecule has 0 saturated carbocycles. The highest BCUT2D eigenvalue weighted by Crippen LogP contribution is 2.25. The Morgan fingerprint density at radius 2 is 1.71 bits per heavy atom. The molecule has 6 nitrogen and oxygen atoms in total. The van der Waals surface area contributed by atoms with E-state index in [4.69, 9.17) is 9.47 Å². The molecule has 0 fully saturated rings. The number of hydrogen-bond donors (Lipinski definition) is 0. The van der Waals surface area contributed by atoms with Gasteiger partial charge in [-0.2, -0.15) is 5.10 Å². The fourth-order valence-electron chi connectivity index (χ4n) is 1.98. The van der Waals surface area contributed by atoms with Gasteiger partial charge in [-0.05, 0) is 36.2 Å². The highest BCUT2D eigenvalue weighted by atomic mass is 79.9. The van der Waals surface area contributed by atoms with Gasteiger partial charge in [-0.25, -0.2) is 0 Å². The summed E-state index contributed by atoms with van der Waals surface area (Å²) >= 11 is 3.48. The minimum atomic E-state index is -0.971. The van der Waals surface area contributed by atoms with E-state index in [2.05, 4.69) is 21.0 Å². The van der Waals surface area contributed by atoms with Gasteiger partial charge in [0.2, 0.25) is 0 Å². The van der Waals surface area contributed by atoms with Gasteiger partial charge in [-0.1, -0.05) is 6.92 Å². The lowest BCUT2D eigenvalue weighted by molar-refractivity contribution is -0.161. The fraction of sp³-hybridized carbons (Fsp3) is 0.643. The van der Waals surface area contributed by atoms with Gasteiger partial charge in [0.1, 0.15) is 0 Å². The van der Waals surface area contributed by atoms with E-state index in [9.17, 15) is 9.59 Å². The number of rotatable bonds is 7. The van der Waals surface area contributed by atoms with Crippen molar-refractivity contribution in [2.45, 2.75) is 33.6 Å². The third-order valence-corrected chi connectivity index (χ3v) is 3.96. The molecule has 0 spiro atoms. The van der Waals surface area contributed by atoms with Crippen LogP contribution < -0.4 is 0 Å². The Hall–Kier alpha value is -1.37. The van der Waals surface area contributed by atoms with Gasteiger partial charge >= 0.3 is 11.9 Å². The zero-order valence-electron chi connectivity index (χ0n) is 12.8. The van der Waals surface area contributed by atoms with Crippen molar-refractivity contribution in [3.05, 3.63) is 15.9 Å². The second-order valence-corrected chi connectivity index (χ2v) is 5.24. The number of aromatic nitrogens is 2. The Morgan fingerprint density at radius 3 is 2.10 bits per heavy atom. The van der Waals surface area contributed by atoms with Crippen molar-refractivity contribution < 1.29 is 19.1 Å². The second-order valence-electron chi connectivity index (χ2n) is 4.45. The van der Waals surface area contributed by atoms with Crippen molar-refractivity contribution in [1.29, 1.82) is 0 Å². The third-order valence-electron chi connectivity index (χ3n) is 3.04. The number of carbonyl (C=O) groups is 2. The van der Waals surface area contributed by atoms with Crippen LogP contribution in [0.4, 0.5) is 0 Å². The molecule has 0 unspecified atom stereocenters. The fourth-order valence-corrected chi connectivity index (χ4v) is 2.76. The first-order valence-corrected chi connectivity index (χ1v) is 7.78. The Labute approximate surface area is 132 Å². The molecule has 0 amide bonds. The van der Waals surface area contributed by atoms with Crippen LogP contribution in [0.3, 0.4) is 0 Å². The second kappa shape index (κ2) is 8.17. The maximum Gasteiger partial charge on any atom is 0.320 e. The summed E-state index contributed by atoms with van der Waals surface area (Å²) in [4.78, 5) is 24.0. The molecule has 0 bridgehead atoms. The number of nitrogens with zero attached hydrogens (tertiary/aromatic N) is 2. The quantitative estimate of drug-likeness (QED) is 0.549. The van der Waals surface area contributed by atoms with E-state index < -0.39 is 17.9 Å². The normalized spacial score (nSPS) is 10.8. The zero-order valence-corrected chi connectivity index (χ0v) is 14.4. The molecule has 0 aromatic carbocycles. The summed E-state index contributed by atoms with van der Waals surface area (Å²) in [5.74, 6) is -2.11. The molecule has 0 aliphatic heterocycles. The maximum absolute atomic E-state index is 12.0. The van der Waals surface area contributed by atoms with Crippen molar-refractivity contribution in [2.24, 2.45) is 13.0 Å². The predicted octanol–water partition coefficient (Wildman–Crippen LogP) is 2.03. The Morgan fingerprint density at radius 1 is 1.19 bits per heavy atom. The van der Waals surface area contributed by atoms with Crippen molar-refractivity contribution in [1.82, 2.24) is 9.78 Å². The van der Waals surface area contributed by atoms with Crippen molar-refractivity contribution in [3.63, 3.8) is 0 Å². The van der Waals surface area contributed by atoms with Crippen LogP contribution in [0, 0.1) is 5.92 Å². The number of aryl methyl sites for hydroxylation is 2. The number of carbonyl (C=O) groups excluding carboxylic acids is 2. The summed E-state index contributed by atoms with van der Waals surface area (Å²) in [6.45, 7) is 5.85. The van der Waals surface area contributed by atoms with E-state index in [1.165, 1.54) is 0 Å².